The molecule has 1 aromatic rings. The average Bonchev–Trinajstić information content (AvgIpc) is 3.68. The van der Waals surface area contributed by atoms with Gasteiger partial charge in [-0.1, -0.05) is 42.5 Å². The SMILES string of the molecule is C=CCCC(=O)N(C)[C@@H](C)[C@@H](OC(=O)[C@@H]1[C@@H]2CC[C@]3(O2)[C@H](C(=O)N(CC=C)C(C)C)N(CCCCO)C(=O)[C@@H]13)c1ccccc1. The van der Waals surface area contributed by atoms with Crippen molar-refractivity contribution in [3.63, 3.8) is 0 Å². The van der Waals surface area contributed by atoms with E-state index in [-0.39, 0.29) is 43.3 Å². The smallest absolute Gasteiger partial charge is 0.313 e. The average molecular weight is 624 g/mol. The van der Waals surface area contributed by atoms with Crippen LogP contribution >= 0.6 is 0 Å². The molecule has 4 rings (SSSR count). The highest BCUT2D eigenvalue weighted by Crippen LogP contribution is 2.59. The van der Waals surface area contributed by atoms with Crippen LogP contribution in [0.15, 0.2) is 55.6 Å². The van der Waals surface area contributed by atoms with Crippen LogP contribution in [-0.4, -0.2) is 100 Å². The lowest BCUT2D eigenvalue weighted by atomic mass is 9.70. The van der Waals surface area contributed by atoms with Crippen LogP contribution in [0.3, 0.4) is 0 Å². The van der Waals surface area contributed by atoms with Gasteiger partial charge in [0.1, 0.15) is 17.7 Å². The van der Waals surface area contributed by atoms with Gasteiger partial charge in [-0.15, -0.1) is 13.2 Å². The van der Waals surface area contributed by atoms with Crippen LogP contribution in [0, 0.1) is 11.8 Å². The fourth-order valence-corrected chi connectivity index (χ4v) is 7.31. The number of aliphatic hydroxyl groups excluding tert-OH is 1. The zero-order valence-electron chi connectivity index (χ0n) is 27.1. The van der Waals surface area contributed by atoms with Crippen LogP contribution < -0.4 is 0 Å². The summed E-state index contributed by atoms with van der Waals surface area (Å²) in [5.41, 5.74) is -0.421. The van der Waals surface area contributed by atoms with E-state index < -0.39 is 47.7 Å². The second-order valence-electron chi connectivity index (χ2n) is 12.7. The molecule has 0 radical (unpaired) electrons. The lowest BCUT2D eigenvalue weighted by Gasteiger charge is -2.38. The van der Waals surface area contributed by atoms with Gasteiger partial charge in [0, 0.05) is 39.2 Å². The summed E-state index contributed by atoms with van der Waals surface area (Å²) in [6.07, 6.45) is 4.82. The molecule has 45 heavy (non-hydrogen) atoms. The van der Waals surface area contributed by atoms with Gasteiger partial charge < -0.3 is 29.3 Å². The standard InChI is InChI=1S/C35H49N3O7/c1-7-9-17-27(40)36(6)24(5)30(25-15-11-10-12-16-25)44-34(43)28-26-18-19-35(45-26)29(28)32(41)38(21-13-14-22-39)31(35)33(42)37(20-8-2)23(3)4/h7-8,10-12,15-16,23-24,26,28-31,39H,1-2,9,13-14,17-22H2,3-6H3/t24-,26-,28+,29+,30+,31-,35+/m0/s1. The molecule has 0 aromatic heterocycles. The largest absolute Gasteiger partial charge is 0.455 e. The fraction of sp³-hybridized carbons (Fsp3) is 0.600. The second kappa shape index (κ2) is 14.7. The Morgan fingerprint density at radius 3 is 2.49 bits per heavy atom. The summed E-state index contributed by atoms with van der Waals surface area (Å²) in [4.78, 5) is 60.5. The van der Waals surface area contributed by atoms with Crippen molar-refractivity contribution >= 4 is 23.7 Å². The van der Waals surface area contributed by atoms with E-state index in [9.17, 15) is 24.3 Å². The van der Waals surface area contributed by atoms with Crippen LogP contribution in [0.2, 0.25) is 0 Å². The molecule has 0 saturated carbocycles. The normalized spacial score (nSPS) is 26.4. The van der Waals surface area contributed by atoms with Crippen LogP contribution in [0.4, 0.5) is 0 Å². The lowest BCUT2D eigenvalue weighted by Crippen LogP contribution is -2.57. The second-order valence-corrected chi connectivity index (χ2v) is 12.7. The molecule has 1 spiro atoms. The number of aliphatic hydroxyl groups is 1. The number of unbranched alkanes of at least 4 members (excludes halogenated alkanes) is 1. The third-order valence-electron chi connectivity index (χ3n) is 9.72. The Morgan fingerprint density at radius 1 is 1.16 bits per heavy atom. The van der Waals surface area contributed by atoms with Crippen LogP contribution in [0.1, 0.15) is 71.0 Å². The zero-order chi connectivity index (χ0) is 32.9. The number of hydrogen-bond donors (Lipinski definition) is 1. The number of amides is 3. The summed E-state index contributed by atoms with van der Waals surface area (Å²) in [7, 11) is 1.69. The van der Waals surface area contributed by atoms with Gasteiger partial charge in [0.2, 0.25) is 17.7 Å². The Morgan fingerprint density at radius 2 is 1.87 bits per heavy atom. The molecule has 1 aromatic carbocycles. The Bertz CT molecular complexity index is 1250. The Balaban J connectivity index is 1.67. The molecular formula is C35H49N3O7. The maximum atomic E-state index is 14.3. The summed E-state index contributed by atoms with van der Waals surface area (Å²) < 4.78 is 12.9. The van der Waals surface area contributed by atoms with Gasteiger partial charge >= 0.3 is 5.97 Å². The highest BCUT2D eigenvalue weighted by molar-refractivity contribution is 5.98. The molecule has 3 aliphatic heterocycles. The number of benzene rings is 1. The van der Waals surface area contributed by atoms with E-state index in [1.807, 2.05) is 51.1 Å². The molecule has 2 bridgehead atoms. The van der Waals surface area contributed by atoms with Crippen molar-refractivity contribution in [3.8, 4) is 0 Å². The van der Waals surface area contributed by atoms with E-state index in [1.165, 1.54) is 0 Å². The predicted molar refractivity (Wildman–Crippen MR) is 170 cm³/mol. The maximum Gasteiger partial charge on any atom is 0.313 e. The molecule has 0 aliphatic carbocycles. The molecule has 10 heteroatoms. The minimum atomic E-state index is -1.15. The van der Waals surface area contributed by atoms with Crippen molar-refractivity contribution in [2.24, 2.45) is 11.8 Å². The molecule has 3 fully saturated rings. The topological polar surface area (TPSA) is 117 Å². The highest BCUT2D eigenvalue weighted by atomic mass is 16.6. The molecule has 1 N–H and O–H groups in total. The number of likely N-dealkylation sites (tertiary alicyclic amines) is 1. The van der Waals surface area contributed by atoms with Gasteiger partial charge in [-0.05, 0) is 58.4 Å². The number of ether oxygens (including phenoxy) is 2. The first kappa shape index (κ1) is 34.4. The Hall–Kier alpha value is -3.50. The summed E-state index contributed by atoms with van der Waals surface area (Å²) in [6.45, 7) is 13.8. The quantitative estimate of drug-likeness (QED) is 0.170. The molecular weight excluding hydrogens is 574 g/mol. The number of rotatable bonds is 16. The predicted octanol–water partition coefficient (Wildman–Crippen LogP) is 3.65. The molecule has 3 aliphatic rings. The van der Waals surface area contributed by atoms with E-state index >= 15 is 0 Å². The minimum absolute atomic E-state index is 0.0269. The Labute approximate surface area is 267 Å². The van der Waals surface area contributed by atoms with Crippen LogP contribution in [0.25, 0.3) is 0 Å². The first-order valence-electron chi connectivity index (χ1n) is 16.2. The number of nitrogens with zero attached hydrogens (tertiary/aromatic N) is 3. The number of carbonyl (C=O) groups excluding carboxylic acids is 4. The molecule has 246 valence electrons. The molecule has 0 unspecified atom stereocenters. The molecule has 3 saturated heterocycles. The molecule has 3 heterocycles. The van der Waals surface area contributed by atoms with E-state index in [0.29, 0.717) is 38.6 Å². The summed E-state index contributed by atoms with van der Waals surface area (Å²) in [5.74, 6) is -2.95. The first-order valence-corrected chi connectivity index (χ1v) is 16.2. The van der Waals surface area contributed by atoms with Crippen molar-refractivity contribution in [2.45, 2.75) is 95.2 Å². The van der Waals surface area contributed by atoms with E-state index in [0.717, 1.165) is 5.56 Å². The van der Waals surface area contributed by atoms with Crippen molar-refractivity contribution < 1.29 is 33.8 Å². The molecule has 10 nitrogen and oxygen atoms in total. The number of hydrogen-bond acceptors (Lipinski definition) is 7. The summed E-state index contributed by atoms with van der Waals surface area (Å²) in [5, 5.41) is 9.43. The number of fused-ring (bicyclic) bond motifs is 1. The van der Waals surface area contributed by atoms with Crippen molar-refractivity contribution in [2.75, 3.05) is 26.7 Å². The van der Waals surface area contributed by atoms with Crippen molar-refractivity contribution in [3.05, 3.63) is 61.2 Å². The van der Waals surface area contributed by atoms with Gasteiger partial charge in [0.05, 0.1) is 24.0 Å². The highest BCUT2D eigenvalue weighted by Gasteiger charge is 2.75. The number of esters is 1. The first-order chi connectivity index (χ1) is 21.5. The summed E-state index contributed by atoms with van der Waals surface area (Å²) >= 11 is 0. The van der Waals surface area contributed by atoms with Crippen LogP contribution in [0.5, 0.6) is 0 Å². The lowest BCUT2D eigenvalue weighted by molar-refractivity contribution is -0.164. The summed E-state index contributed by atoms with van der Waals surface area (Å²) in [6, 6.07) is 7.75. The monoisotopic (exact) mass is 623 g/mol. The van der Waals surface area contributed by atoms with Gasteiger partial charge in [-0.3, -0.25) is 19.2 Å². The van der Waals surface area contributed by atoms with E-state index in [2.05, 4.69) is 13.2 Å². The van der Waals surface area contributed by atoms with Crippen molar-refractivity contribution in [1.82, 2.24) is 14.7 Å². The number of carbonyl (C=O) groups is 4. The molecule has 3 amide bonds. The molecule has 7 atom stereocenters. The van der Waals surface area contributed by atoms with Gasteiger partial charge in [-0.25, -0.2) is 0 Å². The third kappa shape index (κ3) is 6.58. The number of allylic oxidation sites excluding steroid dienone is 1. The van der Waals surface area contributed by atoms with E-state index in [4.69, 9.17) is 9.47 Å². The van der Waals surface area contributed by atoms with E-state index in [1.54, 1.807) is 33.9 Å². The van der Waals surface area contributed by atoms with Gasteiger partial charge in [-0.2, -0.15) is 0 Å². The number of likely N-dealkylation sites (N-methyl/N-ethyl adjacent to an activating group) is 1. The third-order valence-corrected chi connectivity index (χ3v) is 9.72. The fourth-order valence-electron chi connectivity index (χ4n) is 7.31. The Kier molecular flexibility index (Phi) is 11.3. The van der Waals surface area contributed by atoms with Crippen LogP contribution in [-0.2, 0) is 28.7 Å². The maximum absolute atomic E-state index is 14.3. The zero-order valence-corrected chi connectivity index (χ0v) is 27.1. The van der Waals surface area contributed by atoms with Gasteiger partial charge in [0.15, 0.2) is 0 Å². The van der Waals surface area contributed by atoms with Gasteiger partial charge in [0.25, 0.3) is 0 Å². The minimum Gasteiger partial charge on any atom is -0.455 e. The van der Waals surface area contributed by atoms with Crippen molar-refractivity contribution in [1.29, 1.82) is 0 Å².